The monoisotopic (exact) mass is 612 g/mol. The Morgan fingerprint density at radius 3 is 2.59 bits per heavy atom. The number of anilines is 1. The minimum atomic E-state index is -1.15. The summed E-state index contributed by atoms with van der Waals surface area (Å²) in [5.74, 6) is -0.740. The molecule has 0 radical (unpaired) electrons. The Morgan fingerprint density at radius 1 is 1.11 bits per heavy atom. The summed E-state index contributed by atoms with van der Waals surface area (Å²) >= 11 is 0. The Morgan fingerprint density at radius 2 is 1.89 bits per heavy atom. The molecule has 12 heteroatoms. The smallest absolute Gasteiger partial charge is 0.416 e. The van der Waals surface area contributed by atoms with Gasteiger partial charge in [0.1, 0.15) is 29.9 Å². The molecule has 1 aliphatic heterocycles. The largest absolute Gasteiger partial charge is 0.464 e. The Labute approximate surface area is 256 Å². The maximum Gasteiger partial charge on any atom is 0.416 e. The number of pyridine rings is 1. The molecule has 2 aliphatic rings. The first-order chi connectivity index (χ1) is 20.9. The summed E-state index contributed by atoms with van der Waals surface area (Å²) in [6, 6.07) is 8.46. The van der Waals surface area contributed by atoms with Crippen LogP contribution in [0.25, 0.3) is 0 Å². The summed E-state index contributed by atoms with van der Waals surface area (Å²) in [4.78, 5) is 56.8. The fraction of sp³-hybridized carbons (Fsp3) is 0.531. The number of ether oxygens (including phenoxy) is 3. The van der Waals surface area contributed by atoms with Crippen molar-refractivity contribution < 1.29 is 37.8 Å². The molecule has 44 heavy (non-hydrogen) atoms. The number of fused-ring (bicyclic) bond motifs is 1. The number of nitrogens with zero attached hydrogens (tertiary/aromatic N) is 2. The maximum absolute atomic E-state index is 13.4. The van der Waals surface area contributed by atoms with E-state index in [0.29, 0.717) is 37.2 Å². The van der Waals surface area contributed by atoms with Crippen molar-refractivity contribution in [3.8, 4) is 0 Å². The van der Waals surface area contributed by atoms with Crippen molar-refractivity contribution in [2.45, 2.75) is 78.0 Å². The lowest BCUT2D eigenvalue weighted by Crippen LogP contribution is -2.51. The van der Waals surface area contributed by atoms with Crippen molar-refractivity contribution in [3.05, 3.63) is 59.0 Å². The number of carbonyl (C=O) groups excluding carboxylic acids is 4. The van der Waals surface area contributed by atoms with Gasteiger partial charge in [0, 0.05) is 24.7 Å². The molecule has 0 spiro atoms. The Kier molecular flexibility index (Phi) is 10.8. The van der Waals surface area contributed by atoms with E-state index >= 15 is 0 Å². The van der Waals surface area contributed by atoms with Crippen molar-refractivity contribution >= 4 is 29.9 Å². The quantitative estimate of drug-likeness (QED) is 0.297. The fourth-order valence-corrected chi connectivity index (χ4v) is 5.24. The van der Waals surface area contributed by atoms with Gasteiger partial charge in [0.2, 0.25) is 5.91 Å². The molecule has 2 heterocycles. The van der Waals surface area contributed by atoms with Gasteiger partial charge < -0.3 is 24.8 Å². The van der Waals surface area contributed by atoms with Gasteiger partial charge in [0.05, 0.1) is 6.61 Å². The van der Waals surface area contributed by atoms with Gasteiger partial charge >= 0.3 is 18.2 Å². The van der Waals surface area contributed by atoms with E-state index in [-0.39, 0.29) is 37.5 Å². The molecule has 0 bridgehead atoms. The van der Waals surface area contributed by atoms with Crippen LogP contribution >= 0.6 is 0 Å². The molecule has 2 N–H and O–H groups in total. The zero-order chi connectivity index (χ0) is 31.9. The summed E-state index contributed by atoms with van der Waals surface area (Å²) in [5.41, 5.74) is 1.71. The summed E-state index contributed by atoms with van der Waals surface area (Å²) in [7, 11) is 0. The average Bonchev–Trinajstić information content (AvgIpc) is 2.94. The highest BCUT2D eigenvalue weighted by Gasteiger charge is 2.36. The first-order valence-corrected chi connectivity index (χ1v) is 15.0. The van der Waals surface area contributed by atoms with E-state index in [4.69, 9.17) is 19.2 Å². The fourth-order valence-electron chi connectivity index (χ4n) is 5.24. The molecular weight excluding hydrogens is 571 g/mol. The van der Waals surface area contributed by atoms with Crippen molar-refractivity contribution in [3.63, 3.8) is 0 Å². The summed E-state index contributed by atoms with van der Waals surface area (Å²) in [6.07, 6.45) is 2.35. The minimum Gasteiger partial charge on any atom is -0.464 e. The Bertz CT molecular complexity index is 1360. The van der Waals surface area contributed by atoms with Crippen molar-refractivity contribution in [2.24, 2.45) is 11.8 Å². The van der Waals surface area contributed by atoms with Gasteiger partial charge in [-0.25, -0.2) is 23.8 Å². The van der Waals surface area contributed by atoms with Crippen LogP contribution in [0.3, 0.4) is 0 Å². The summed E-state index contributed by atoms with van der Waals surface area (Å²) in [6.45, 7) is 7.44. The van der Waals surface area contributed by atoms with Crippen molar-refractivity contribution in [1.29, 1.82) is 0 Å². The molecule has 2 aromatic rings. The van der Waals surface area contributed by atoms with E-state index < -0.39 is 35.6 Å². The van der Waals surface area contributed by atoms with Crippen LogP contribution in [-0.4, -0.2) is 60.4 Å². The van der Waals surface area contributed by atoms with Gasteiger partial charge in [-0.15, -0.1) is 0 Å². The second-order valence-corrected chi connectivity index (χ2v) is 12.2. The van der Waals surface area contributed by atoms with Crippen molar-refractivity contribution in [1.82, 2.24) is 15.6 Å². The van der Waals surface area contributed by atoms with E-state index in [2.05, 4.69) is 10.6 Å². The van der Waals surface area contributed by atoms with Crippen LogP contribution < -0.4 is 15.5 Å². The molecule has 0 saturated heterocycles. The third kappa shape index (κ3) is 9.14. The number of amides is 3. The molecular formula is C32H41FN4O7. The zero-order valence-electron chi connectivity index (χ0n) is 25.7. The molecule has 1 aliphatic carbocycles. The van der Waals surface area contributed by atoms with Crippen LogP contribution in [-0.2, 0) is 43.2 Å². The summed E-state index contributed by atoms with van der Waals surface area (Å²) < 4.78 is 29.1. The van der Waals surface area contributed by atoms with E-state index in [9.17, 15) is 23.6 Å². The highest BCUT2D eigenvalue weighted by atomic mass is 19.1. The van der Waals surface area contributed by atoms with Crippen LogP contribution in [0.1, 0.15) is 63.8 Å². The van der Waals surface area contributed by atoms with Crippen LogP contribution in [0.15, 0.2) is 36.4 Å². The van der Waals surface area contributed by atoms with Gasteiger partial charge in [-0.05, 0) is 95.0 Å². The first kappa shape index (κ1) is 32.7. The molecule has 238 valence electrons. The van der Waals surface area contributed by atoms with E-state index in [1.54, 1.807) is 17.9 Å². The van der Waals surface area contributed by atoms with Crippen LogP contribution in [0.2, 0.25) is 0 Å². The second kappa shape index (κ2) is 14.5. The highest BCUT2D eigenvalue weighted by Crippen LogP contribution is 2.37. The Hall–Kier alpha value is -4.22. The zero-order valence-corrected chi connectivity index (χ0v) is 25.7. The second-order valence-electron chi connectivity index (χ2n) is 12.2. The number of hydrogen-bond acceptors (Lipinski definition) is 8. The number of esters is 1. The van der Waals surface area contributed by atoms with Gasteiger partial charge in [0.15, 0.2) is 0 Å². The lowest BCUT2D eigenvalue weighted by atomic mass is 9.72. The number of nitrogens with one attached hydrogen (secondary N) is 2. The molecule has 1 aromatic carbocycles. The number of carbonyl (C=O) groups is 4. The SMILES string of the molecule is CCOC(=O)[C@H](CNC(=O)[C@H]1C[C@@H](Cc2ccc3c(n2)N(C(=O)OC(C)(C)C)CCC3)C1)NC(=O)OCc1cccc(F)c1. The predicted molar refractivity (Wildman–Crippen MR) is 159 cm³/mol. The van der Waals surface area contributed by atoms with E-state index in [0.717, 1.165) is 24.1 Å². The number of benzene rings is 1. The average molecular weight is 613 g/mol. The number of aromatic nitrogens is 1. The number of alkyl carbamates (subject to hydrolysis) is 1. The van der Waals surface area contributed by atoms with Crippen LogP contribution in [0, 0.1) is 17.7 Å². The molecule has 4 rings (SSSR count). The number of rotatable bonds is 10. The highest BCUT2D eigenvalue weighted by molar-refractivity contribution is 5.88. The number of halogens is 1. The third-order valence-electron chi connectivity index (χ3n) is 7.42. The van der Waals surface area contributed by atoms with Crippen molar-refractivity contribution in [2.75, 3.05) is 24.6 Å². The van der Waals surface area contributed by atoms with Gasteiger partial charge in [0.25, 0.3) is 0 Å². The molecule has 1 atom stereocenters. The minimum absolute atomic E-state index is 0.0971. The predicted octanol–water partition coefficient (Wildman–Crippen LogP) is 4.45. The molecule has 11 nitrogen and oxygen atoms in total. The van der Waals surface area contributed by atoms with Gasteiger partial charge in [-0.1, -0.05) is 18.2 Å². The Balaban J connectivity index is 1.26. The molecule has 3 amide bonds. The molecule has 0 unspecified atom stereocenters. The standard InChI is InChI=1S/C32H41FN4O7/c1-5-42-29(39)26(36-30(40)43-19-20-8-6-10-24(33)16-20)18-34-28(38)23-14-21(15-23)17-25-12-11-22-9-7-13-37(27(22)35-25)31(41)44-32(2,3)4/h6,8,10-12,16,21,23,26H,5,7,9,13-15,17-19H2,1-4H3,(H,34,38)(H,36,40)/t21-,23+,26-/m0/s1. The lowest BCUT2D eigenvalue weighted by molar-refractivity contribution is -0.145. The summed E-state index contributed by atoms with van der Waals surface area (Å²) in [5, 5.41) is 5.16. The lowest BCUT2D eigenvalue weighted by Gasteiger charge is -2.35. The first-order valence-electron chi connectivity index (χ1n) is 15.0. The van der Waals surface area contributed by atoms with Crippen LogP contribution in [0.4, 0.5) is 19.8 Å². The normalized spacial score (nSPS) is 18.2. The third-order valence-corrected chi connectivity index (χ3v) is 7.42. The molecule has 1 aromatic heterocycles. The molecule has 1 saturated carbocycles. The van der Waals surface area contributed by atoms with E-state index in [1.807, 2.05) is 32.9 Å². The van der Waals surface area contributed by atoms with Crippen LogP contribution in [0.5, 0.6) is 0 Å². The topological polar surface area (TPSA) is 136 Å². The number of aryl methyl sites for hydroxylation is 1. The van der Waals surface area contributed by atoms with E-state index in [1.165, 1.54) is 18.2 Å². The molecule has 1 fully saturated rings. The number of hydrogen-bond donors (Lipinski definition) is 2. The van der Waals surface area contributed by atoms with Gasteiger partial charge in [-0.2, -0.15) is 0 Å². The van der Waals surface area contributed by atoms with Gasteiger partial charge in [-0.3, -0.25) is 9.69 Å². The maximum atomic E-state index is 13.4.